The monoisotopic (exact) mass is 208 g/mol. The highest BCUT2D eigenvalue weighted by atomic mass is 16.2. The van der Waals surface area contributed by atoms with Gasteiger partial charge in [0.25, 0.3) is 11.8 Å². The molecule has 4 nitrogen and oxygen atoms in total. The Morgan fingerprint density at radius 2 is 1.87 bits per heavy atom. The fourth-order valence-corrected chi connectivity index (χ4v) is 2.31. The van der Waals surface area contributed by atoms with Crippen LogP contribution in [0.5, 0.6) is 0 Å². The van der Waals surface area contributed by atoms with Crippen LogP contribution in [0.1, 0.15) is 32.6 Å². The quantitative estimate of drug-likeness (QED) is 0.641. The maximum Gasteiger partial charge on any atom is 0.256 e. The first kappa shape index (κ1) is 10.4. The minimum Gasteiger partial charge on any atom is -0.328 e. The molecule has 1 saturated carbocycles. The highest BCUT2D eigenvalue weighted by molar-refractivity contribution is 6.16. The number of carbonyl (C=O) groups excluding carboxylic acids is 2. The van der Waals surface area contributed by atoms with Gasteiger partial charge in [-0.25, -0.2) is 0 Å². The topological polar surface area (TPSA) is 63.4 Å². The number of nitrogens with two attached hydrogens (primary N) is 1. The van der Waals surface area contributed by atoms with Crippen LogP contribution in [0.25, 0.3) is 0 Å². The van der Waals surface area contributed by atoms with E-state index in [0.717, 1.165) is 25.7 Å². The van der Waals surface area contributed by atoms with Crippen molar-refractivity contribution in [3.63, 3.8) is 0 Å². The summed E-state index contributed by atoms with van der Waals surface area (Å²) in [6.07, 6.45) is 4.93. The van der Waals surface area contributed by atoms with Crippen LogP contribution in [0.3, 0.4) is 0 Å². The van der Waals surface area contributed by atoms with Crippen molar-refractivity contribution in [2.75, 3.05) is 0 Å². The lowest BCUT2D eigenvalue weighted by Crippen LogP contribution is -2.44. The third kappa shape index (κ3) is 1.81. The van der Waals surface area contributed by atoms with Crippen molar-refractivity contribution in [3.8, 4) is 0 Å². The fraction of sp³-hybridized carbons (Fsp3) is 0.636. The van der Waals surface area contributed by atoms with Gasteiger partial charge >= 0.3 is 0 Å². The van der Waals surface area contributed by atoms with E-state index in [9.17, 15) is 9.59 Å². The summed E-state index contributed by atoms with van der Waals surface area (Å²) in [4.78, 5) is 24.7. The van der Waals surface area contributed by atoms with E-state index < -0.39 is 0 Å². The summed E-state index contributed by atoms with van der Waals surface area (Å²) in [5, 5.41) is 0. The van der Waals surface area contributed by atoms with E-state index in [1.807, 2.05) is 0 Å². The molecule has 0 aromatic rings. The van der Waals surface area contributed by atoms with Gasteiger partial charge in [-0.15, -0.1) is 0 Å². The number of rotatable bonds is 1. The molecule has 1 aliphatic heterocycles. The van der Waals surface area contributed by atoms with E-state index in [1.54, 1.807) is 6.92 Å². The van der Waals surface area contributed by atoms with Crippen LogP contribution in [-0.4, -0.2) is 28.8 Å². The molecule has 1 fully saturated rings. The molecular weight excluding hydrogens is 192 g/mol. The molecule has 0 aromatic heterocycles. The lowest BCUT2D eigenvalue weighted by atomic mass is 9.91. The van der Waals surface area contributed by atoms with Gasteiger partial charge in [-0.3, -0.25) is 14.5 Å². The van der Waals surface area contributed by atoms with Gasteiger partial charge in [0.1, 0.15) is 0 Å². The standard InChI is InChI=1S/C11H16N2O2/c1-7-6-10(14)13(11(7)15)9-4-2-8(12)3-5-9/h6,8-9H,2-5,12H2,1H3. The van der Waals surface area contributed by atoms with Gasteiger partial charge in [-0.1, -0.05) is 0 Å². The Balaban J connectivity index is 2.06. The van der Waals surface area contributed by atoms with Crippen LogP contribution in [0.2, 0.25) is 0 Å². The summed E-state index contributed by atoms with van der Waals surface area (Å²) >= 11 is 0. The van der Waals surface area contributed by atoms with Crippen molar-refractivity contribution < 1.29 is 9.59 Å². The van der Waals surface area contributed by atoms with E-state index in [-0.39, 0.29) is 23.9 Å². The van der Waals surface area contributed by atoms with Crippen molar-refractivity contribution in [1.82, 2.24) is 4.90 Å². The molecule has 2 aliphatic rings. The highest BCUT2D eigenvalue weighted by Crippen LogP contribution is 2.26. The van der Waals surface area contributed by atoms with Crippen LogP contribution in [0, 0.1) is 0 Å². The molecule has 0 saturated heterocycles. The van der Waals surface area contributed by atoms with E-state index >= 15 is 0 Å². The summed E-state index contributed by atoms with van der Waals surface area (Å²) in [7, 11) is 0. The second kappa shape index (κ2) is 3.77. The zero-order chi connectivity index (χ0) is 11.0. The minimum atomic E-state index is -0.155. The number of amides is 2. The largest absolute Gasteiger partial charge is 0.328 e. The molecule has 2 amide bonds. The fourth-order valence-electron chi connectivity index (χ4n) is 2.31. The maximum atomic E-state index is 11.7. The van der Waals surface area contributed by atoms with Crippen LogP contribution in [-0.2, 0) is 9.59 Å². The second-order valence-electron chi connectivity index (χ2n) is 4.41. The summed E-state index contributed by atoms with van der Waals surface area (Å²) < 4.78 is 0. The molecule has 15 heavy (non-hydrogen) atoms. The lowest BCUT2D eigenvalue weighted by molar-refractivity contribution is -0.140. The lowest BCUT2D eigenvalue weighted by Gasteiger charge is -2.32. The van der Waals surface area contributed by atoms with Crippen LogP contribution >= 0.6 is 0 Å². The molecule has 82 valence electrons. The van der Waals surface area contributed by atoms with Gasteiger partial charge < -0.3 is 5.73 Å². The third-order valence-electron chi connectivity index (χ3n) is 3.24. The molecule has 2 N–H and O–H groups in total. The van der Waals surface area contributed by atoms with Crippen molar-refractivity contribution in [2.45, 2.75) is 44.7 Å². The molecule has 0 atom stereocenters. The van der Waals surface area contributed by atoms with Crippen LogP contribution < -0.4 is 5.73 Å². The maximum absolute atomic E-state index is 11.7. The average molecular weight is 208 g/mol. The second-order valence-corrected chi connectivity index (χ2v) is 4.41. The van der Waals surface area contributed by atoms with Gasteiger partial charge in [0.05, 0.1) is 0 Å². The summed E-state index contributed by atoms with van der Waals surface area (Å²) in [5.41, 5.74) is 6.34. The Hall–Kier alpha value is -1.16. The molecular formula is C11H16N2O2. The van der Waals surface area contributed by atoms with E-state index in [2.05, 4.69) is 0 Å². The molecule has 0 unspecified atom stereocenters. The molecule has 0 bridgehead atoms. The Morgan fingerprint density at radius 1 is 1.27 bits per heavy atom. The first-order chi connectivity index (χ1) is 7.09. The summed E-state index contributed by atoms with van der Waals surface area (Å²) in [6.45, 7) is 1.69. The Bertz CT molecular complexity index is 327. The van der Waals surface area contributed by atoms with Crippen molar-refractivity contribution in [3.05, 3.63) is 11.6 Å². The minimum absolute atomic E-state index is 0.0681. The zero-order valence-corrected chi connectivity index (χ0v) is 8.90. The molecule has 0 radical (unpaired) electrons. The average Bonchev–Trinajstić information content (AvgIpc) is 2.44. The normalized spacial score (nSPS) is 32.1. The Kier molecular flexibility index (Phi) is 2.61. The first-order valence-electron chi connectivity index (χ1n) is 5.41. The predicted octanol–water partition coefficient (Wildman–Crippen LogP) is 0.571. The van der Waals surface area contributed by atoms with Gasteiger partial charge in [0.2, 0.25) is 0 Å². The number of hydrogen-bond donors (Lipinski definition) is 1. The smallest absolute Gasteiger partial charge is 0.256 e. The van der Waals surface area contributed by atoms with Gasteiger partial charge in [-0.2, -0.15) is 0 Å². The highest BCUT2D eigenvalue weighted by Gasteiger charge is 2.35. The van der Waals surface area contributed by atoms with E-state index in [1.165, 1.54) is 11.0 Å². The molecule has 4 heteroatoms. The number of imide groups is 1. The zero-order valence-electron chi connectivity index (χ0n) is 8.90. The van der Waals surface area contributed by atoms with Gasteiger partial charge in [-0.05, 0) is 32.6 Å². The number of nitrogens with zero attached hydrogens (tertiary/aromatic N) is 1. The summed E-state index contributed by atoms with van der Waals surface area (Å²) in [6, 6.07) is 0.307. The van der Waals surface area contributed by atoms with Crippen molar-refractivity contribution in [1.29, 1.82) is 0 Å². The number of carbonyl (C=O) groups is 2. The molecule has 0 aromatic carbocycles. The van der Waals surface area contributed by atoms with Gasteiger partial charge in [0.15, 0.2) is 0 Å². The first-order valence-corrected chi connectivity index (χ1v) is 5.41. The molecule has 0 spiro atoms. The SMILES string of the molecule is CC1=CC(=O)N(C2CCC(N)CC2)C1=O. The van der Waals surface area contributed by atoms with Crippen molar-refractivity contribution in [2.24, 2.45) is 5.73 Å². The Morgan fingerprint density at radius 3 is 2.33 bits per heavy atom. The molecule has 1 aliphatic carbocycles. The van der Waals surface area contributed by atoms with Gasteiger partial charge in [0, 0.05) is 23.7 Å². The number of hydrogen-bond acceptors (Lipinski definition) is 3. The van der Waals surface area contributed by atoms with E-state index in [4.69, 9.17) is 5.73 Å². The third-order valence-corrected chi connectivity index (χ3v) is 3.24. The summed E-state index contributed by atoms with van der Waals surface area (Å²) in [5.74, 6) is -0.279. The van der Waals surface area contributed by atoms with Crippen LogP contribution in [0.15, 0.2) is 11.6 Å². The predicted molar refractivity (Wildman–Crippen MR) is 55.8 cm³/mol. The van der Waals surface area contributed by atoms with Crippen molar-refractivity contribution >= 4 is 11.8 Å². The van der Waals surface area contributed by atoms with Crippen LogP contribution in [0.4, 0.5) is 0 Å². The molecule has 1 heterocycles. The molecule has 2 rings (SSSR count). The van der Waals surface area contributed by atoms with E-state index in [0.29, 0.717) is 5.57 Å². The Labute approximate surface area is 89.1 Å².